The molecule has 0 spiro atoms. The van der Waals surface area contributed by atoms with E-state index in [4.69, 9.17) is 0 Å². The zero-order valence-corrected chi connectivity index (χ0v) is 9.40. The number of hydrogen-bond donors (Lipinski definition) is 0. The molecule has 2 aliphatic rings. The Balaban J connectivity index is 0.000000168. The summed E-state index contributed by atoms with van der Waals surface area (Å²) >= 11 is 0. The molecule has 0 amide bonds. The van der Waals surface area contributed by atoms with E-state index in [9.17, 15) is 0 Å². The van der Waals surface area contributed by atoms with E-state index in [0.717, 1.165) is 11.8 Å². The maximum Gasteiger partial charge on any atom is -0.0417 e. The minimum atomic E-state index is 1.06. The summed E-state index contributed by atoms with van der Waals surface area (Å²) in [7, 11) is 0. The van der Waals surface area contributed by atoms with Crippen LogP contribution < -0.4 is 0 Å². The highest BCUT2D eigenvalue weighted by atomic mass is 14.2. The number of hydrogen-bond acceptors (Lipinski definition) is 0. The fraction of sp³-hybridized carbons (Fsp3) is 1.00. The maximum atomic E-state index is 2.31. The highest BCUT2D eigenvalue weighted by Gasteiger charge is 2.17. The third kappa shape index (κ3) is 6.69. The van der Waals surface area contributed by atoms with Crippen molar-refractivity contribution in [1.82, 2.24) is 0 Å². The summed E-state index contributed by atoms with van der Waals surface area (Å²) < 4.78 is 0. The molecule has 0 nitrogen and oxygen atoms in total. The molecular weight excluding hydrogens is 144 g/mol. The van der Waals surface area contributed by atoms with Gasteiger partial charge >= 0.3 is 0 Å². The predicted molar refractivity (Wildman–Crippen MR) is 57.4 cm³/mol. The highest BCUT2D eigenvalue weighted by molar-refractivity contribution is 4.69. The fourth-order valence-corrected chi connectivity index (χ4v) is 1.14. The average molecular weight is 170 g/mol. The van der Waals surface area contributed by atoms with Gasteiger partial charge in [0.2, 0.25) is 0 Å². The Morgan fingerprint density at radius 1 is 1.00 bits per heavy atom. The lowest BCUT2D eigenvalue weighted by Crippen LogP contribution is -2.04. The van der Waals surface area contributed by atoms with Crippen molar-refractivity contribution in [1.29, 1.82) is 0 Å². The lowest BCUT2D eigenvalue weighted by molar-refractivity contribution is 0.346. The smallest absolute Gasteiger partial charge is 0.0417 e. The molecule has 2 rings (SSSR count). The monoisotopic (exact) mass is 170 g/mol. The third-order valence-corrected chi connectivity index (χ3v) is 2.67. The summed E-state index contributed by atoms with van der Waals surface area (Å²) in [5.74, 6) is 2.20. The first-order valence-corrected chi connectivity index (χ1v) is 5.83. The first kappa shape index (κ1) is 12.0. The van der Waals surface area contributed by atoms with Gasteiger partial charge in [0, 0.05) is 0 Å². The zero-order chi connectivity index (χ0) is 9.40. The summed E-state index contributed by atoms with van der Waals surface area (Å²) in [5.41, 5.74) is 0. The molecule has 2 saturated carbocycles. The van der Waals surface area contributed by atoms with Crippen molar-refractivity contribution >= 4 is 0 Å². The zero-order valence-electron chi connectivity index (χ0n) is 9.40. The Kier molecular flexibility index (Phi) is 7.64. The van der Waals surface area contributed by atoms with Crippen molar-refractivity contribution < 1.29 is 0 Å². The summed E-state index contributed by atoms with van der Waals surface area (Å²) in [6, 6.07) is 0. The van der Waals surface area contributed by atoms with Crippen molar-refractivity contribution in [2.45, 2.75) is 66.2 Å². The fourth-order valence-electron chi connectivity index (χ4n) is 1.14. The molecule has 0 N–H and O–H groups in total. The van der Waals surface area contributed by atoms with Crippen molar-refractivity contribution in [3.05, 3.63) is 0 Å². The SMILES string of the molecule is CC.CC1CCC1.CCC1CC1. The van der Waals surface area contributed by atoms with Gasteiger partial charge in [-0.05, 0) is 11.8 Å². The standard InChI is InChI=1S/2C5H10.C2H6/c1-5-3-2-4-5;1-2-5-3-4-5;1-2/h2*5H,2-4H2,1H3;1-2H3. The van der Waals surface area contributed by atoms with Gasteiger partial charge in [-0.15, -0.1) is 0 Å². The first-order valence-electron chi connectivity index (χ1n) is 5.83. The molecular formula is C12H26. The highest BCUT2D eigenvalue weighted by Crippen LogP contribution is 2.31. The van der Waals surface area contributed by atoms with Gasteiger partial charge in [-0.3, -0.25) is 0 Å². The van der Waals surface area contributed by atoms with Crippen LogP contribution in [0.3, 0.4) is 0 Å². The van der Waals surface area contributed by atoms with Crippen LogP contribution in [0.15, 0.2) is 0 Å². The van der Waals surface area contributed by atoms with E-state index in [1.165, 1.54) is 38.5 Å². The van der Waals surface area contributed by atoms with Crippen LogP contribution in [0, 0.1) is 11.8 Å². The van der Waals surface area contributed by atoms with Crippen LogP contribution in [0.2, 0.25) is 0 Å². The van der Waals surface area contributed by atoms with Crippen molar-refractivity contribution in [2.24, 2.45) is 11.8 Å². The average Bonchev–Trinajstić information content (AvgIpc) is 2.88. The van der Waals surface area contributed by atoms with Crippen LogP contribution in [0.1, 0.15) is 66.2 Å². The third-order valence-electron chi connectivity index (χ3n) is 2.67. The second kappa shape index (κ2) is 7.64. The summed E-state index contributed by atoms with van der Waals surface area (Å²) in [6.45, 7) is 8.57. The molecule has 0 aromatic heterocycles. The Morgan fingerprint density at radius 2 is 1.42 bits per heavy atom. The van der Waals surface area contributed by atoms with E-state index in [1.807, 2.05) is 13.8 Å². The van der Waals surface area contributed by atoms with Gasteiger partial charge in [0.25, 0.3) is 0 Å². The predicted octanol–water partition coefficient (Wildman–Crippen LogP) is 4.64. The van der Waals surface area contributed by atoms with Gasteiger partial charge in [-0.25, -0.2) is 0 Å². The van der Waals surface area contributed by atoms with Crippen LogP contribution in [0.5, 0.6) is 0 Å². The van der Waals surface area contributed by atoms with Gasteiger partial charge in [-0.1, -0.05) is 66.2 Å². The molecule has 0 aromatic rings. The molecule has 0 atom stereocenters. The van der Waals surface area contributed by atoms with E-state index in [2.05, 4.69) is 13.8 Å². The van der Waals surface area contributed by atoms with Crippen LogP contribution in [-0.4, -0.2) is 0 Å². The van der Waals surface area contributed by atoms with E-state index in [1.54, 1.807) is 0 Å². The van der Waals surface area contributed by atoms with Gasteiger partial charge in [0.15, 0.2) is 0 Å². The minimum Gasteiger partial charge on any atom is -0.0683 e. The van der Waals surface area contributed by atoms with Crippen LogP contribution in [0.25, 0.3) is 0 Å². The molecule has 12 heavy (non-hydrogen) atoms. The topological polar surface area (TPSA) is 0 Å². The molecule has 0 aromatic carbocycles. The van der Waals surface area contributed by atoms with Crippen molar-refractivity contribution in [2.75, 3.05) is 0 Å². The van der Waals surface area contributed by atoms with Crippen molar-refractivity contribution in [3.8, 4) is 0 Å². The van der Waals surface area contributed by atoms with E-state index in [0.29, 0.717) is 0 Å². The molecule has 0 heteroatoms. The van der Waals surface area contributed by atoms with Gasteiger partial charge in [-0.2, -0.15) is 0 Å². The van der Waals surface area contributed by atoms with Crippen LogP contribution in [-0.2, 0) is 0 Å². The first-order chi connectivity index (χ1) is 5.83. The van der Waals surface area contributed by atoms with Crippen LogP contribution >= 0.6 is 0 Å². The summed E-state index contributed by atoms with van der Waals surface area (Å²) in [5, 5.41) is 0. The molecule has 2 aliphatic carbocycles. The molecule has 0 aliphatic heterocycles. The van der Waals surface area contributed by atoms with Gasteiger partial charge in [0.1, 0.15) is 0 Å². The second-order valence-electron chi connectivity index (χ2n) is 3.89. The molecule has 0 saturated heterocycles. The Hall–Kier alpha value is 0. The second-order valence-corrected chi connectivity index (χ2v) is 3.89. The number of rotatable bonds is 1. The van der Waals surface area contributed by atoms with Crippen LogP contribution in [0.4, 0.5) is 0 Å². The van der Waals surface area contributed by atoms with E-state index >= 15 is 0 Å². The Morgan fingerprint density at radius 3 is 1.42 bits per heavy atom. The summed E-state index contributed by atoms with van der Waals surface area (Å²) in [4.78, 5) is 0. The van der Waals surface area contributed by atoms with Gasteiger partial charge < -0.3 is 0 Å². The lowest BCUT2D eigenvalue weighted by atomic mass is 9.88. The molecule has 0 radical (unpaired) electrons. The molecule has 2 fully saturated rings. The Labute approximate surface area is 78.8 Å². The van der Waals surface area contributed by atoms with Gasteiger partial charge in [0.05, 0.1) is 0 Å². The molecule has 0 unspecified atom stereocenters. The Bertz CT molecular complexity index is 78.0. The molecule has 0 heterocycles. The quantitative estimate of drug-likeness (QED) is 0.538. The summed E-state index contributed by atoms with van der Waals surface area (Å²) in [6.07, 6.45) is 8.90. The normalized spacial score (nSPS) is 21.0. The van der Waals surface area contributed by atoms with E-state index < -0.39 is 0 Å². The van der Waals surface area contributed by atoms with Crippen molar-refractivity contribution in [3.63, 3.8) is 0 Å². The lowest BCUT2D eigenvalue weighted by Gasteiger charge is -2.18. The largest absolute Gasteiger partial charge is 0.0683 e. The van der Waals surface area contributed by atoms with E-state index in [-0.39, 0.29) is 0 Å². The molecule has 74 valence electrons. The maximum absolute atomic E-state index is 2.31. The molecule has 0 bridgehead atoms. The minimum absolute atomic E-state index is 1.06.